The summed E-state index contributed by atoms with van der Waals surface area (Å²) >= 11 is 0. The largest absolute Gasteiger partial charge is 0.233 e. The number of rotatable bonds is 3. The third kappa shape index (κ3) is 2.89. The van der Waals surface area contributed by atoms with Crippen molar-refractivity contribution in [2.45, 2.75) is 0 Å². The summed E-state index contributed by atoms with van der Waals surface area (Å²) in [6.45, 7) is 0. The Morgan fingerprint density at radius 3 is 2.31 bits per heavy atom. The Hall–Kier alpha value is -1.33. The van der Waals surface area contributed by atoms with Gasteiger partial charge in [0.2, 0.25) is 0 Å². The van der Waals surface area contributed by atoms with Crippen LogP contribution in [0.5, 0.6) is 0 Å². The van der Waals surface area contributed by atoms with E-state index in [9.17, 15) is 10.1 Å². The standard InChI is InChI=1S/C7H9N3O2.ClH/c1-8-9(10(11)12)7-5-3-2-4-6-7;/h2-6,8H,1H3;1H. The van der Waals surface area contributed by atoms with Gasteiger partial charge < -0.3 is 0 Å². The molecule has 72 valence electrons. The summed E-state index contributed by atoms with van der Waals surface area (Å²) < 4.78 is 0. The second kappa shape index (κ2) is 5.34. The van der Waals surface area contributed by atoms with Crippen LogP contribution in [0.2, 0.25) is 0 Å². The molecule has 0 heterocycles. The Labute approximate surface area is 81.9 Å². The lowest BCUT2D eigenvalue weighted by Crippen LogP contribution is -2.40. The van der Waals surface area contributed by atoms with Crippen molar-refractivity contribution in [3.8, 4) is 0 Å². The average molecular weight is 204 g/mol. The van der Waals surface area contributed by atoms with Crippen LogP contribution >= 0.6 is 12.4 Å². The Morgan fingerprint density at radius 1 is 1.38 bits per heavy atom. The predicted molar refractivity (Wildman–Crippen MR) is 52.2 cm³/mol. The van der Waals surface area contributed by atoms with E-state index in [-0.39, 0.29) is 12.4 Å². The van der Waals surface area contributed by atoms with Crippen molar-refractivity contribution >= 4 is 18.1 Å². The zero-order valence-electron chi connectivity index (χ0n) is 7.01. The van der Waals surface area contributed by atoms with Gasteiger partial charge in [0, 0.05) is 7.05 Å². The van der Waals surface area contributed by atoms with E-state index in [0.29, 0.717) is 5.69 Å². The molecule has 0 saturated carbocycles. The van der Waals surface area contributed by atoms with Gasteiger partial charge in [0.25, 0.3) is 0 Å². The Bertz CT molecular complexity index is 268. The molecule has 1 aromatic rings. The van der Waals surface area contributed by atoms with Crippen molar-refractivity contribution in [2.75, 3.05) is 12.2 Å². The van der Waals surface area contributed by atoms with E-state index in [1.54, 1.807) is 30.3 Å². The summed E-state index contributed by atoms with van der Waals surface area (Å²) in [5.74, 6) is 0. The van der Waals surface area contributed by atoms with Crippen LogP contribution in [0.3, 0.4) is 0 Å². The van der Waals surface area contributed by atoms with Crippen LogP contribution in [0.4, 0.5) is 5.69 Å². The number of nitrogens with one attached hydrogen (secondary N) is 1. The highest BCUT2D eigenvalue weighted by Crippen LogP contribution is 2.09. The predicted octanol–water partition coefficient (Wildman–Crippen LogP) is 1.24. The zero-order valence-corrected chi connectivity index (χ0v) is 7.82. The highest BCUT2D eigenvalue weighted by atomic mass is 35.5. The molecule has 13 heavy (non-hydrogen) atoms. The first-order valence-electron chi connectivity index (χ1n) is 3.42. The molecule has 0 amide bonds. The van der Waals surface area contributed by atoms with Gasteiger partial charge in [-0.1, -0.05) is 18.2 Å². The molecule has 5 nitrogen and oxygen atoms in total. The number of hydrogen-bond acceptors (Lipinski definition) is 3. The van der Waals surface area contributed by atoms with Crippen LogP contribution in [-0.2, 0) is 0 Å². The van der Waals surface area contributed by atoms with E-state index in [4.69, 9.17) is 0 Å². The van der Waals surface area contributed by atoms with Crippen molar-refractivity contribution in [3.05, 3.63) is 40.4 Å². The van der Waals surface area contributed by atoms with Crippen LogP contribution in [0.15, 0.2) is 30.3 Å². The van der Waals surface area contributed by atoms with Crippen molar-refractivity contribution in [1.82, 2.24) is 5.43 Å². The Morgan fingerprint density at radius 2 is 1.92 bits per heavy atom. The van der Waals surface area contributed by atoms with Crippen LogP contribution < -0.4 is 10.5 Å². The number of nitrogens with zero attached hydrogens (tertiary/aromatic N) is 2. The molecule has 0 aromatic heterocycles. The average Bonchev–Trinajstić information content (AvgIpc) is 2.07. The van der Waals surface area contributed by atoms with Crippen molar-refractivity contribution in [2.24, 2.45) is 0 Å². The van der Waals surface area contributed by atoms with Gasteiger partial charge in [-0.3, -0.25) is 0 Å². The van der Waals surface area contributed by atoms with Gasteiger partial charge >= 0.3 is 0 Å². The summed E-state index contributed by atoms with van der Waals surface area (Å²) in [4.78, 5) is 10.4. The second-order valence-electron chi connectivity index (χ2n) is 2.11. The summed E-state index contributed by atoms with van der Waals surface area (Å²) in [7, 11) is 1.50. The fraction of sp³-hybridized carbons (Fsp3) is 0.143. The van der Waals surface area contributed by atoms with E-state index >= 15 is 0 Å². The molecule has 1 rings (SSSR count). The first-order valence-corrected chi connectivity index (χ1v) is 3.42. The molecule has 0 fully saturated rings. The van der Waals surface area contributed by atoms with Crippen LogP contribution in [-0.4, -0.2) is 12.1 Å². The number of anilines is 1. The maximum Gasteiger partial charge on any atom is 0.181 e. The Kier molecular flexibility index (Phi) is 4.79. The lowest BCUT2D eigenvalue weighted by molar-refractivity contribution is -0.502. The van der Waals surface area contributed by atoms with E-state index in [0.717, 1.165) is 5.12 Å². The van der Waals surface area contributed by atoms with Crippen LogP contribution in [0.1, 0.15) is 0 Å². The number of hydrogen-bond donors (Lipinski definition) is 1. The molecule has 0 unspecified atom stereocenters. The minimum atomic E-state index is -0.519. The first kappa shape index (κ1) is 11.7. The highest BCUT2D eigenvalue weighted by Gasteiger charge is 2.12. The monoisotopic (exact) mass is 203 g/mol. The van der Waals surface area contributed by atoms with Gasteiger partial charge in [-0.15, -0.1) is 12.4 Å². The molecule has 1 N–H and O–H groups in total. The van der Waals surface area contributed by atoms with E-state index in [1.807, 2.05) is 0 Å². The smallest absolute Gasteiger partial charge is 0.181 e. The summed E-state index contributed by atoms with van der Waals surface area (Å²) in [6.07, 6.45) is 0. The minimum Gasteiger partial charge on any atom is -0.233 e. The van der Waals surface area contributed by atoms with Gasteiger partial charge in [0.1, 0.15) is 5.69 Å². The molecule has 0 aliphatic heterocycles. The molecule has 6 heteroatoms. The summed E-state index contributed by atoms with van der Waals surface area (Å²) in [5, 5.41) is 10.7. The van der Waals surface area contributed by atoms with Crippen LogP contribution in [0.25, 0.3) is 0 Å². The minimum absolute atomic E-state index is 0. The maximum atomic E-state index is 10.4. The molecule has 0 aliphatic rings. The zero-order chi connectivity index (χ0) is 8.97. The molecular formula is C7H10ClN3O2. The highest BCUT2D eigenvalue weighted by molar-refractivity contribution is 5.85. The topological polar surface area (TPSA) is 58.4 Å². The normalized spacial score (nSPS) is 8.69. The first-order chi connectivity index (χ1) is 5.75. The second-order valence-corrected chi connectivity index (χ2v) is 2.11. The fourth-order valence-corrected chi connectivity index (χ4v) is 0.874. The SMILES string of the molecule is CNN(c1ccccc1)[N+](=O)[O-].Cl. The third-order valence-corrected chi connectivity index (χ3v) is 1.38. The van der Waals surface area contributed by atoms with Gasteiger partial charge in [0.15, 0.2) is 5.03 Å². The van der Waals surface area contributed by atoms with Crippen molar-refractivity contribution in [3.63, 3.8) is 0 Å². The van der Waals surface area contributed by atoms with E-state index in [1.165, 1.54) is 7.05 Å². The van der Waals surface area contributed by atoms with Gasteiger partial charge in [0.05, 0.1) is 0 Å². The number of benzene rings is 1. The molecule has 0 radical (unpaired) electrons. The Balaban J connectivity index is 0.00000144. The molecule has 1 aromatic carbocycles. The molecular weight excluding hydrogens is 194 g/mol. The van der Waals surface area contributed by atoms with E-state index in [2.05, 4.69) is 5.43 Å². The molecule has 0 spiro atoms. The lowest BCUT2D eigenvalue weighted by atomic mass is 10.3. The molecule has 0 saturated heterocycles. The number of hydrazine groups is 2. The van der Waals surface area contributed by atoms with Gasteiger partial charge in [-0.25, -0.2) is 10.1 Å². The number of para-hydroxylation sites is 1. The van der Waals surface area contributed by atoms with Gasteiger partial charge in [-0.2, -0.15) is 5.43 Å². The fourth-order valence-electron chi connectivity index (χ4n) is 0.874. The molecule has 0 bridgehead atoms. The number of nitro groups is 1. The quantitative estimate of drug-likeness (QED) is 0.593. The number of halogens is 1. The summed E-state index contributed by atoms with van der Waals surface area (Å²) in [5.41, 5.74) is 2.96. The maximum absolute atomic E-state index is 10.4. The molecule has 0 atom stereocenters. The van der Waals surface area contributed by atoms with Gasteiger partial charge in [-0.05, 0) is 17.3 Å². The van der Waals surface area contributed by atoms with Crippen molar-refractivity contribution < 1.29 is 5.03 Å². The summed E-state index contributed by atoms with van der Waals surface area (Å²) in [6, 6.07) is 8.59. The van der Waals surface area contributed by atoms with Crippen molar-refractivity contribution in [1.29, 1.82) is 0 Å². The van der Waals surface area contributed by atoms with Crippen LogP contribution in [0, 0.1) is 10.1 Å². The van der Waals surface area contributed by atoms with E-state index < -0.39 is 5.03 Å². The molecule has 0 aliphatic carbocycles. The third-order valence-electron chi connectivity index (χ3n) is 1.38. The lowest BCUT2D eigenvalue weighted by Gasteiger charge is -2.10.